The van der Waals surface area contributed by atoms with E-state index in [-0.39, 0.29) is 23.1 Å². The van der Waals surface area contributed by atoms with E-state index in [4.69, 9.17) is 18.9 Å². The zero-order valence-electron chi connectivity index (χ0n) is 21.1. The van der Waals surface area contributed by atoms with Gasteiger partial charge in [-0.25, -0.2) is 10.2 Å². The quantitative estimate of drug-likeness (QED) is 0.147. The van der Waals surface area contributed by atoms with Gasteiger partial charge in [0.2, 0.25) is 11.7 Å². The van der Waals surface area contributed by atoms with E-state index < -0.39 is 17.8 Å². The Hall–Kier alpha value is -4.86. The van der Waals surface area contributed by atoms with Crippen LogP contribution in [0.5, 0.6) is 23.0 Å². The molecule has 0 radical (unpaired) electrons. The van der Waals surface area contributed by atoms with Crippen LogP contribution < -0.4 is 29.7 Å². The molecular weight excluding hydrogens is 490 g/mol. The van der Waals surface area contributed by atoms with Crippen LogP contribution in [0.3, 0.4) is 0 Å². The van der Waals surface area contributed by atoms with Crippen LogP contribution in [-0.4, -0.2) is 51.9 Å². The lowest BCUT2D eigenvalue weighted by Gasteiger charge is -2.15. The van der Waals surface area contributed by atoms with Crippen molar-refractivity contribution in [1.29, 1.82) is 0 Å². The van der Waals surface area contributed by atoms with Crippen molar-refractivity contribution in [1.82, 2.24) is 10.7 Å². The fourth-order valence-electron chi connectivity index (χ4n) is 4.21. The molecule has 0 unspecified atom stereocenters. The number of benzene rings is 3. The number of para-hydroxylation sites is 1. The summed E-state index contributed by atoms with van der Waals surface area (Å²) >= 11 is 0. The zero-order chi connectivity index (χ0) is 27.1. The average molecular weight is 518 g/mol. The van der Waals surface area contributed by atoms with Crippen molar-refractivity contribution in [3.05, 3.63) is 83.4 Å². The SMILES string of the molecule is COc1cc(C(=O)Oc2ccccc2/C=N\NC(=O)[C@H]2C(=O)NC[C@@H]2c2ccccc2)cc(OC)c1OC. The zero-order valence-corrected chi connectivity index (χ0v) is 21.1. The Kier molecular flexibility index (Phi) is 8.22. The van der Waals surface area contributed by atoms with Crippen molar-refractivity contribution in [3.8, 4) is 23.0 Å². The molecule has 2 amide bonds. The van der Waals surface area contributed by atoms with E-state index in [0.29, 0.717) is 29.4 Å². The molecule has 2 atom stereocenters. The highest BCUT2D eigenvalue weighted by atomic mass is 16.5. The highest BCUT2D eigenvalue weighted by Crippen LogP contribution is 2.38. The van der Waals surface area contributed by atoms with Gasteiger partial charge in [-0.1, -0.05) is 42.5 Å². The van der Waals surface area contributed by atoms with Crippen molar-refractivity contribution in [3.63, 3.8) is 0 Å². The third-order valence-corrected chi connectivity index (χ3v) is 6.09. The molecule has 1 aliphatic heterocycles. The highest BCUT2D eigenvalue weighted by Gasteiger charge is 2.40. The molecule has 0 aromatic heterocycles. The molecule has 10 nitrogen and oxygen atoms in total. The Bertz CT molecular complexity index is 1330. The normalized spacial score (nSPS) is 16.6. The maximum Gasteiger partial charge on any atom is 0.343 e. The number of carbonyl (C=O) groups is 3. The number of esters is 1. The summed E-state index contributed by atoms with van der Waals surface area (Å²) in [4.78, 5) is 38.1. The first kappa shape index (κ1) is 26.2. The van der Waals surface area contributed by atoms with Crippen molar-refractivity contribution in [2.24, 2.45) is 11.0 Å². The third kappa shape index (κ3) is 5.59. The van der Waals surface area contributed by atoms with Crippen molar-refractivity contribution in [2.45, 2.75) is 5.92 Å². The predicted octanol–water partition coefficient (Wildman–Crippen LogP) is 2.91. The molecule has 38 heavy (non-hydrogen) atoms. The largest absolute Gasteiger partial charge is 0.493 e. The summed E-state index contributed by atoms with van der Waals surface area (Å²) in [5.74, 6) is -1.59. The van der Waals surface area contributed by atoms with Gasteiger partial charge in [-0.15, -0.1) is 0 Å². The van der Waals surface area contributed by atoms with Gasteiger partial charge in [0, 0.05) is 18.0 Å². The molecule has 1 fully saturated rings. The minimum absolute atomic E-state index is 0.179. The fraction of sp³-hybridized carbons (Fsp3) is 0.214. The Morgan fingerprint density at radius 1 is 0.921 bits per heavy atom. The van der Waals surface area contributed by atoms with Gasteiger partial charge in [0.15, 0.2) is 11.5 Å². The molecule has 1 saturated heterocycles. The van der Waals surface area contributed by atoms with Gasteiger partial charge < -0.3 is 24.3 Å². The second kappa shape index (κ2) is 11.9. The van der Waals surface area contributed by atoms with E-state index in [1.807, 2.05) is 30.3 Å². The highest BCUT2D eigenvalue weighted by molar-refractivity contribution is 6.03. The lowest BCUT2D eigenvalue weighted by Crippen LogP contribution is -2.34. The predicted molar refractivity (Wildman–Crippen MR) is 139 cm³/mol. The summed E-state index contributed by atoms with van der Waals surface area (Å²) in [5, 5.41) is 6.76. The van der Waals surface area contributed by atoms with Crippen LogP contribution in [0.15, 0.2) is 71.8 Å². The van der Waals surface area contributed by atoms with Gasteiger partial charge in [-0.3, -0.25) is 9.59 Å². The number of carbonyl (C=O) groups excluding carboxylic acids is 3. The second-order valence-electron chi connectivity index (χ2n) is 8.32. The summed E-state index contributed by atoms with van der Waals surface area (Å²) in [6, 6.07) is 19.0. The third-order valence-electron chi connectivity index (χ3n) is 6.09. The van der Waals surface area contributed by atoms with Gasteiger partial charge >= 0.3 is 5.97 Å². The monoisotopic (exact) mass is 517 g/mol. The Labute approximate surface area is 219 Å². The molecule has 2 N–H and O–H groups in total. The summed E-state index contributed by atoms with van der Waals surface area (Å²) in [6.45, 7) is 0.365. The topological polar surface area (TPSA) is 125 Å². The molecular formula is C28H27N3O7. The van der Waals surface area contributed by atoms with Crippen molar-refractivity contribution >= 4 is 24.0 Å². The van der Waals surface area contributed by atoms with E-state index in [9.17, 15) is 14.4 Å². The van der Waals surface area contributed by atoms with Gasteiger partial charge in [0.05, 0.1) is 33.1 Å². The maximum absolute atomic E-state index is 12.9. The number of ether oxygens (including phenoxy) is 4. The van der Waals surface area contributed by atoms with E-state index in [0.717, 1.165) is 5.56 Å². The summed E-state index contributed by atoms with van der Waals surface area (Å²) < 4.78 is 21.5. The van der Waals surface area contributed by atoms with E-state index >= 15 is 0 Å². The minimum atomic E-state index is -0.914. The molecule has 0 aliphatic carbocycles. The van der Waals surface area contributed by atoms with Crippen LogP contribution in [0.25, 0.3) is 0 Å². The van der Waals surface area contributed by atoms with Gasteiger partial charge in [-0.2, -0.15) is 5.10 Å². The van der Waals surface area contributed by atoms with Gasteiger partial charge in [0.1, 0.15) is 11.7 Å². The number of nitrogens with one attached hydrogen (secondary N) is 2. The molecule has 1 aliphatic rings. The number of rotatable bonds is 9. The number of nitrogens with zero attached hydrogens (tertiary/aromatic N) is 1. The lowest BCUT2D eigenvalue weighted by molar-refractivity contribution is -0.133. The molecule has 3 aromatic rings. The van der Waals surface area contributed by atoms with E-state index in [1.165, 1.54) is 39.7 Å². The van der Waals surface area contributed by atoms with Crippen LogP contribution in [-0.2, 0) is 9.59 Å². The Morgan fingerprint density at radius 2 is 1.58 bits per heavy atom. The molecule has 4 rings (SSSR count). The average Bonchev–Trinajstić information content (AvgIpc) is 3.34. The van der Waals surface area contributed by atoms with E-state index in [2.05, 4.69) is 15.8 Å². The number of amides is 2. The molecule has 10 heteroatoms. The summed E-state index contributed by atoms with van der Waals surface area (Å²) in [7, 11) is 4.36. The van der Waals surface area contributed by atoms with Crippen LogP contribution in [0.1, 0.15) is 27.4 Å². The molecule has 0 saturated carbocycles. The number of methoxy groups -OCH3 is 3. The standard InChI is InChI=1S/C28H27N3O7/c1-35-22-13-19(14-23(36-2)25(22)37-3)28(34)38-21-12-8-7-11-18(21)15-30-31-27(33)24-20(16-29-26(24)32)17-9-5-4-6-10-17/h4-15,20,24H,16H2,1-3H3,(H,29,32)(H,31,33)/b30-15-/t20-,24-/m1/s1. The van der Waals surface area contributed by atoms with Crippen molar-refractivity contribution < 1.29 is 33.3 Å². The fourth-order valence-corrected chi connectivity index (χ4v) is 4.21. The van der Waals surface area contributed by atoms with Crippen LogP contribution >= 0.6 is 0 Å². The van der Waals surface area contributed by atoms with Gasteiger partial charge in [-0.05, 0) is 29.8 Å². The Morgan fingerprint density at radius 3 is 2.24 bits per heavy atom. The van der Waals surface area contributed by atoms with Gasteiger partial charge in [0.25, 0.3) is 5.91 Å². The van der Waals surface area contributed by atoms with Crippen molar-refractivity contribution in [2.75, 3.05) is 27.9 Å². The van der Waals surface area contributed by atoms with E-state index in [1.54, 1.807) is 24.3 Å². The first-order chi connectivity index (χ1) is 18.5. The number of hydrogen-bond acceptors (Lipinski definition) is 8. The minimum Gasteiger partial charge on any atom is -0.493 e. The lowest BCUT2D eigenvalue weighted by atomic mass is 9.88. The number of hydrazone groups is 1. The molecule has 0 spiro atoms. The molecule has 0 bridgehead atoms. The second-order valence-corrected chi connectivity index (χ2v) is 8.32. The summed E-state index contributed by atoms with van der Waals surface area (Å²) in [5.41, 5.74) is 3.94. The summed E-state index contributed by atoms with van der Waals surface area (Å²) in [6.07, 6.45) is 1.35. The van der Waals surface area contributed by atoms with Crippen LogP contribution in [0.2, 0.25) is 0 Å². The first-order valence-corrected chi connectivity index (χ1v) is 11.7. The number of hydrogen-bond donors (Lipinski definition) is 2. The maximum atomic E-state index is 12.9. The smallest absolute Gasteiger partial charge is 0.343 e. The van der Waals surface area contributed by atoms with Crippen LogP contribution in [0.4, 0.5) is 0 Å². The molecule has 3 aromatic carbocycles. The Balaban J connectivity index is 1.48. The van der Waals surface area contributed by atoms with Crippen LogP contribution in [0, 0.1) is 5.92 Å². The first-order valence-electron chi connectivity index (χ1n) is 11.7. The molecule has 196 valence electrons. The molecule has 1 heterocycles.